The zero-order valence-corrected chi connectivity index (χ0v) is 19.0. The highest BCUT2D eigenvalue weighted by molar-refractivity contribution is 5.83. The standard InChI is InChI=1S/C30H26FNO2/c1-34-27-18-13-23(14-19-27)20-30(33)32-21-25-7-3-5-9-29(25)28-8-4-2-6-24(28)15-10-22-11-16-26(31)17-12-22/h2-19H,20-21H2,1H3,(H,32,33)/b15-10+. The first kappa shape index (κ1) is 23.0. The van der Waals surface area contributed by atoms with E-state index in [1.807, 2.05) is 72.8 Å². The van der Waals surface area contributed by atoms with Crippen molar-refractivity contribution >= 4 is 18.1 Å². The van der Waals surface area contributed by atoms with E-state index < -0.39 is 0 Å². The fraction of sp³-hybridized carbons (Fsp3) is 0.100. The van der Waals surface area contributed by atoms with Gasteiger partial charge in [0.05, 0.1) is 13.5 Å². The fourth-order valence-corrected chi connectivity index (χ4v) is 3.77. The molecule has 0 bridgehead atoms. The van der Waals surface area contributed by atoms with Crippen LogP contribution in [0.3, 0.4) is 0 Å². The van der Waals surface area contributed by atoms with Crippen molar-refractivity contribution in [1.29, 1.82) is 0 Å². The first-order valence-electron chi connectivity index (χ1n) is 11.1. The van der Waals surface area contributed by atoms with Crippen molar-refractivity contribution in [1.82, 2.24) is 5.32 Å². The largest absolute Gasteiger partial charge is 0.497 e. The lowest BCUT2D eigenvalue weighted by atomic mass is 9.94. The molecule has 0 aliphatic carbocycles. The van der Waals surface area contributed by atoms with E-state index >= 15 is 0 Å². The zero-order valence-electron chi connectivity index (χ0n) is 19.0. The van der Waals surface area contributed by atoms with Gasteiger partial charge < -0.3 is 10.1 Å². The minimum atomic E-state index is -0.250. The Balaban J connectivity index is 1.50. The molecular formula is C30H26FNO2. The van der Waals surface area contributed by atoms with E-state index in [2.05, 4.69) is 17.4 Å². The van der Waals surface area contributed by atoms with Crippen LogP contribution in [0.4, 0.5) is 4.39 Å². The molecule has 0 spiro atoms. The Kier molecular flexibility index (Phi) is 7.51. The molecule has 4 aromatic rings. The van der Waals surface area contributed by atoms with Crippen LogP contribution in [-0.2, 0) is 17.8 Å². The van der Waals surface area contributed by atoms with Crippen molar-refractivity contribution in [2.75, 3.05) is 7.11 Å². The summed E-state index contributed by atoms with van der Waals surface area (Å²) in [6.07, 6.45) is 4.31. The molecule has 0 saturated carbocycles. The summed E-state index contributed by atoms with van der Waals surface area (Å²) in [6, 6.07) is 30.1. The maximum atomic E-state index is 13.2. The molecule has 170 valence electrons. The van der Waals surface area contributed by atoms with Crippen LogP contribution >= 0.6 is 0 Å². The number of amides is 1. The third kappa shape index (κ3) is 5.99. The van der Waals surface area contributed by atoms with E-state index in [-0.39, 0.29) is 11.7 Å². The lowest BCUT2D eigenvalue weighted by Gasteiger charge is -2.13. The smallest absolute Gasteiger partial charge is 0.224 e. The van der Waals surface area contributed by atoms with Gasteiger partial charge in [-0.2, -0.15) is 0 Å². The Bertz CT molecular complexity index is 1280. The van der Waals surface area contributed by atoms with Gasteiger partial charge in [-0.05, 0) is 57.6 Å². The highest BCUT2D eigenvalue weighted by Gasteiger charge is 2.10. The predicted molar refractivity (Wildman–Crippen MR) is 136 cm³/mol. The van der Waals surface area contributed by atoms with Crippen LogP contribution in [0.15, 0.2) is 97.1 Å². The van der Waals surface area contributed by atoms with Crippen LogP contribution in [-0.4, -0.2) is 13.0 Å². The number of benzene rings is 4. The van der Waals surface area contributed by atoms with Crippen LogP contribution in [0.2, 0.25) is 0 Å². The molecule has 0 aromatic heterocycles. The van der Waals surface area contributed by atoms with Crippen LogP contribution in [0.5, 0.6) is 5.75 Å². The van der Waals surface area contributed by atoms with Gasteiger partial charge in [0.15, 0.2) is 0 Å². The van der Waals surface area contributed by atoms with E-state index in [0.29, 0.717) is 13.0 Å². The molecule has 34 heavy (non-hydrogen) atoms. The van der Waals surface area contributed by atoms with E-state index in [4.69, 9.17) is 4.74 Å². The topological polar surface area (TPSA) is 38.3 Å². The van der Waals surface area contributed by atoms with E-state index in [0.717, 1.165) is 39.1 Å². The van der Waals surface area contributed by atoms with Gasteiger partial charge in [-0.15, -0.1) is 0 Å². The molecule has 1 N–H and O–H groups in total. The van der Waals surface area contributed by atoms with Crippen LogP contribution < -0.4 is 10.1 Å². The van der Waals surface area contributed by atoms with Crippen LogP contribution in [0, 0.1) is 5.82 Å². The quantitative estimate of drug-likeness (QED) is 0.309. The molecule has 0 heterocycles. The van der Waals surface area contributed by atoms with Gasteiger partial charge in [0.1, 0.15) is 11.6 Å². The van der Waals surface area contributed by atoms with Crippen LogP contribution in [0.1, 0.15) is 22.3 Å². The molecule has 0 fully saturated rings. The maximum Gasteiger partial charge on any atom is 0.224 e. The summed E-state index contributed by atoms with van der Waals surface area (Å²) in [6.45, 7) is 0.432. The fourth-order valence-electron chi connectivity index (χ4n) is 3.77. The summed E-state index contributed by atoms with van der Waals surface area (Å²) >= 11 is 0. The summed E-state index contributed by atoms with van der Waals surface area (Å²) in [5, 5.41) is 3.05. The summed E-state index contributed by atoms with van der Waals surface area (Å²) < 4.78 is 18.4. The molecule has 4 heteroatoms. The molecule has 4 rings (SSSR count). The molecule has 3 nitrogen and oxygen atoms in total. The number of hydrogen-bond acceptors (Lipinski definition) is 2. The van der Waals surface area contributed by atoms with Gasteiger partial charge in [0.2, 0.25) is 5.91 Å². The van der Waals surface area contributed by atoms with Gasteiger partial charge >= 0.3 is 0 Å². The summed E-state index contributed by atoms with van der Waals surface area (Å²) in [5.41, 5.74) is 6.07. The number of methoxy groups -OCH3 is 1. The second-order valence-corrected chi connectivity index (χ2v) is 7.93. The van der Waals surface area contributed by atoms with Gasteiger partial charge in [-0.25, -0.2) is 4.39 Å². The Morgan fingerprint density at radius 1 is 0.824 bits per heavy atom. The number of ether oxygens (including phenoxy) is 1. The van der Waals surface area contributed by atoms with Gasteiger partial charge in [0, 0.05) is 6.54 Å². The lowest BCUT2D eigenvalue weighted by Crippen LogP contribution is -2.24. The molecular weight excluding hydrogens is 425 g/mol. The van der Waals surface area contributed by atoms with Gasteiger partial charge in [0.25, 0.3) is 0 Å². The Morgan fingerprint density at radius 3 is 2.24 bits per heavy atom. The molecule has 0 radical (unpaired) electrons. The third-order valence-electron chi connectivity index (χ3n) is 5.59. The Morgan fingerprint density at radius 2 is 1.50 bits per heavy atom. The number of rotatable bonds is 8. The van der Waals surface area contributed by atoms with Crippen molar-refractivity contribution in [3.8, 4) is 16.9 Å². The molecule has 0 unspecified atom stereocenters. The maximum absolute atomic E-state index is 13.2. The highest BCUT2D eigenvalue weighted by Crippen LogP contribution is 2.28. The highest BCUT2D eigenvalue weighted by atomic mass is 19.1. The second kappa shape index (κ2) is 11.1. The number of carbonyl (C=O) groups is 1. The molecule has 0 aliphatic heterocycles. The summed E-state index contributed by atoms with van der Waals surface area (Å²) in [5.74, 6) is 0.482. The molecule has 0 saturated heterocycles. The zero-order chi connectivity index (χ0) is 23.8. The number of hydrogen-bond donors (Lipinski definition) is 1. The van der Waals surface area contributed by atoms with Gasteiger partial charge in [-0.3, -0.25) is 4.79 Å². The van der Waals surface area contributed by atoms with E-state index in [1.165, 1.54) is 12.1 Å². The average molecular weight is 452 g/mol. The Hall–Kier alpha value is -4.18. The van der Waals surface area contributed by atoms with Gasteiger partial charge in [-0.1, -0.05) is 84.9 Å². The monoisotopic (exact) mass is 451 g/mol. The molecule has 0 aliphatic rings. The second-order valence-electron chi connectivity index (χ2n) is 7.93. The number of carbonyl (C=O) groups excluding carboxylic acids is 1. The SMILES string of the molecule is COc1ccc(CC(=O)NCc2ccccc2-c2ccccc2/C=C/c2ccc(F)cc2)cc1. The molecule has 0 atom stereocenters. The minimum Gasteiger partial charge on any atom is -0.497 e. The van der Waals surface area contributed by atoms with E-state index in [1.54, 1.807) is 19.2 Å². The number of halogens is 1. The van der Waals surface area contributed by atoms with Crippen molar-refractivity contribution in [2.24, 2.45) is 0 Å². The molecule has 1 amide bonds. The van der Waals surface area contributed by atoms with Crippen molar-refractivity contribution < 1.29 is 13.9 Å². The number of nitrogens with one attached hydrogen (secondary N) is 1. The van der Waals surface area contributed by atoms with Crippen molar-refractivity contribution in [3.05, 3.63) is 125 Å². The lowest BCUT2D eigenvalue weighted by molar-refractivity contribution is -0.120. The minimum absolute atomic E-state index is 0.0375. The summed E-state index contributed by atoms with van der Waals surface area (Å²) in [7, 11) is 1.62. The average Bonchev–Trinajstić information content (AvgIpc) is 2.88. The predicted octanol–water partition coefficient (Wildman–Crippen LogP) is 6.53. The molecule has 4 aromatic carbocycles. The van der Waals surface area contributed by atoms with Crippen molar-refractivity contribution in [2.45, 2.75) is 13.0 Å². The van der Waals surface area contributed by atoms with E-state index in [9.17, 15) is 9.18 Å². The van der Waals surface area contributed by atoms with Crippen LogP contribution in [0.25, 0.3) is 23.3 Å². The normalized spacial score (nSPS) is 10.9. The van der Waals surface area contributed by atoms with Crippen molar-refractivity contribution in [3.63, 3.8) is 0 Å². The third-order valence-corrected chi connectivity index (χ3v) is 5.59. The first-order valence-corrected chi connectivity index (χ1v) is 11.1. The summed E-state index contributed by atoms with van der Waals surface area (Å²) in [4.78, 5) is 12.6. The Labute approximate surface area is 199 Å². The first-order chi connectivity index (χ1) is 16.6.